The summed E-state index contributed by atoms with van der Waals surface area (Å²) in [6, 6.07) is 3.80. The number of rotatable bonds is 4. The molecule has 1 amide bonds. The summed E-state index contributed by atoms with van der Waals surface area (Å²) in [4.78, 5) is 31.7. The smallest absolute Gasteiger partial charge is 0.352 e. The summed E-state index contributed by atoms with van der Waals surface area (Å²) in [5, 5.41) is 21.6. The van der Waals surface area contributed by atoms with E-state index in [1.54, 1.807) is 0 Å². The number of halogens is 1. The zero-order chi connectivity index (χ0) is 14.6. The van der Waals surface area contributed by atoms with Crippen LogP contribution >= 0.6 is 11.6 Å². The number of nitro benzene ring substituents is 1. The minimum absolute atomic E-state index is 0.0569. The highest BCUT2D eigenvalue weighted by Gasteiger charge is 2.14. The first-order valence-electron chi connectivity index (χ1n) is 4.97. The number of carboxylic acids is 1. The van der Waals surface area contributed by atoms with E-state index in [1.807, 2.05) is 0 Å². The highest BCUT2D eigenvalue weighted by atomic mass is 35.5. The molecule has 1 aromatic carbocycles. The Balaban J connectivity index is 3.21. The molecule has 0 spiro atoms. The Bertz CT molecular complexity index is 582. The Labute approximate surface area is 112 Å². The van der Waals surface area contributed by atoms with Crippen molar-refractivity contribution in [3.8, 4) is 0 Å². The number of hydrogen-bond acceptors (Lipinski definition) is 4. The lowest BCUT2D eigenvalue weighted by Crippen LogP contribution is -2.24. The molecule has 0 bridgehead atoms. The molecule has 2 N–H and O–H groups in total. The maximum atomic E-state index is 10.9. The van der Waals surface area contributed by atoms with Gasteiger partial charge in [0.1, 0.15) is 10.7 Å². The number of carboxylic acid groups (broad SMARTS) is 1. The van der Waals surface area contributed by atoms with Crippen LogP contribution in [0.3, 0.4) is 0 Å². The zero-order valence-electron chi connectivity index (χ0n) is 9.71. The van der Waals surface area contributed by atoms with Gasteiger partial charge in [-0.05, 0) is 17.7 Å². The molecule has 0 radical (unpaired) electrons. The Morgan fingerprint density at radius 1 is 1.47 bits per heavy atom. The summed E-state index contributed by atoms with van der Waals surface area (Å²) in [6.07, 6.45) is 1.10. The molecule has 0 aliphatic rings. The van der Waals surface area contributed by atoms with Gasteiger partial charge in [-0.3, -0.25) is 14.9 Å². The fourth-order valence-corrected chi connectivity index (χ4v) is 1.45. The maximum Gasteiger partial charge on any atom is 0.352 e. The van der Waals surface area contributed by atoms with Crippen LogP contribution in [0.25, 0.3) is 6.08 Å². The van der Waals surface area contributed by atoms with Crippen molar-refractivity contribution in [3.63, 3.8) is 0 Å². The molecule has 0 fully saturated rings. The van der Waals surface area contributed by atoms with Gasteiger partial charge in [0.15, 0.2) is 0 Å². The molecule has 7 nitrogen and oxygen atoms in total. The fraction of sp³-hybridized carbons (Fsp3) is 0.0909. The van der Waals surface area contributed by atoms with Crippen molar-refractivity contribution < 1.29 is 19.6 Å². The van der Waals surface area contributed by atoms with Crippen LogP contribution in [0.2, 0.25) is 5.02 Å². The molecule has 1 rings (SSSR count). The monoisotopic (exact) mass is 284 g/mol. The highest BCUT2D eigenvalue weighted by Crippen LogP contribution is 2.25. The SMILES string of the molecule is CC(=O)N/C(=C\c1ccc(Cl)c([N+](=O)[O-])c1)C(=O)O. The molecule has 0 heterocycles. The van der Waals surface area contributed by atoms with Crippen molar-refractivity contribution in [2.75, 3.05) is 0 Å². The van der Waals surface area contributed by atoms with E-state index in [-0.39, 0.29) is 22.0 Å². The third-order valence-corrected chi connectivity index (χ3v) is 2.34. The normalized spacial score (nSPS) is 10.9. The Morgan fingerprint density at radius 3 is 2.58 bits per heavy atom. The number of carbonyl (C=O) groups excluding carboxylic acids is 1. The predicted molar refractivity (Wildman–Crippen MR) is 67.5 cm³/mol. The second-order valence-electron chi connectivity index (χ2n) is 3.51. The minimum Gasteiger partial charge on any atom is -0.477 e. The summed E-state index contributed by atoms with van der Waals surface area (Å²) in [5.74, 6) is -1.91. The van der Waals surface area contributed by atoms with Gasteiger partial charge in [0.2, 0.25) is 5.91 Å². The molecule has 0 aromatic heterocycles. The van der Waals surface area contributed by atoms with Crippen molar-refractivity contribution in [2.24, 2.45) is 0 Å². The van der Waals surface area contributed by atoms with Gasteiger partial charge >= 0.3 is 5.97 Å². The summed E-state index contributed by atoms with van der Waals surface area (Å²) in [6.45, 7) is 1.15. The number of amides is 1. The van der Waals surface area contributed by atoms with Crippen molar-refractivity contribution in [1.82, 2.24) is 5.32 Å². The molecular formula is C11H9ClN2O5. The molecule has 1 aromatic rings. The molecule has 0 unspecified atom stereocenters. The second kappa shape index (κ2) is 5.96. The summed E-state index contributed by atoms with van der Waals surface area (Å²) >= 11 is 5.63. The van der Waals surface area contributed by atoms with E-state index < -0.39 is 16.8 Å². The molecule has 0 aliphatic carbocycles. The van der Waals surface area contributed by atoms with Crippen molar-refractivity contribution >= 4 is 35.2 Å². The molecule has 0 saturated heterocycles. The van der Waals surface area contributed by atoms with Crippen LogP contribution in [0.4, 0.5) is 5.69 Å². The van der Waals surface area contributed by atoms with E-state index in [0.717, 1.165) is 19.1 Å². The van der Waals surface area contributed by atoms with Gasteiger partial charge in [0.05, 0.1) is 4.92 Å². The van der Waals surface area contributed by atoms with E-state index in [0.29, 0.717) is 0 Å². The number of nitrogens with zero attached hydrogens (tertiary/aromatic N) is 1. The average Bonchev–Trinajstić information content (AvgIpc) is 2.29. The molecular weight excluding hydrogens is 276 g/mol. The predicted octanol–water partition coefficient (Wildman–Crippen LogP) is 1.81. The summed E-state index contributed by atoms with van der Waals surface area (Å²) < 4.78 is 0. The Kier molecular flexibility index (Phi) is 4.60. The van der Waals surface area contributed by atoms with Crippen LogP contribution in [0, 0.1) is 10.1 Å². The van der Waals surface area contributed by atoms with E-state index in [1.165, 1.54) is 12.1 Å². The van der Waals surface area contributed by atoms with Gasteiger partial charge in [0.25, 0.3) is 5.69 Å². The van der Waals surface area contributed by atoms with Crippen molar-refractivity contribution in [3.05, 3.63) is 44.6 Å². The lowest BCUT2D eigenvalue weighted by molar-refractivity contribution is -0.384. The second-order valence-corrected chi connectivity index (χ2v) is 3.92. The van der Waals surface area contributed by atoms with Crippen LogP contribution in [0.1, 0.15) is 12.5 Å². The first kappa shape index (κ1) is 14.7. The van der Waals surface area contributed by atoms with Gasteiger partial charge in [-0.15, -0.1) is 0 Å². The van der Waals surface area contributed by atoms with E-state index >= 15 is 0 Å². The lowest BCUT2D eigenvalue weighted by atomic mass is 10.1. The van der Waals surface area contributed by atoms with Gasteiger partial charge in [-0.25, -0.2) is 4.79 Å². The van der Waals surface area contributed by atoms with E-state index in [2.05, 4.69) is 5.32 Å². The first-order chi connectivity index (χ1) is 8.81. The van der Waals surface area contributed by atoms with Gasteiger partial charge in [-0.2, -0.15) is 0 Å². The Morgan fingerprint density at radius 2 is 2.11 bits per heavy atom. The largest absolute Gasteiger partial charge is 0.477 e. The van der Waals surface area contributed by atoms with E-state index in [9.17, 15) is 19.7 Å². The number of benzene rings is 1. The average molecular weight is 285 g/mol. The van der Waals surface area contributed by atoms with Gasteiger partial charge < -0.3 is 10.4 Å². The molecule has 0 aliphatic heterocycles. The number of aliphatic carboxylic acids is 1. The van der Waals surface area contributed by atoms with Crippen LogP contribution in [-0.2, 0) is 9.59 Å². The molecule has 0 atom stereocenters. The van der Waals surface area contributed by atoms with Crippen LogP contribution in [0.5, 0.6) is 0 Å². The van der Waals surface area contributed by atoms with Crippen molar-refractivity contribution in [2.45, 2.75) is 6.92 Å². The lowest BCUT2D eigenvalue weighted by Gasteiger charge is -2.03. The third kappa shape index (κ3) is 4.07. The van der Waals surface area contributed by atoms with Crippen LogP contribution in [0.15, 0.2) is 23.9 Å². The molecule has 100 valence electrons. The minimum atomic E-state index is -1.35. The highest BCUT2D eigenvalue weighted by molar-refractivity contribution is 6.32. The van der Waals surface area contributed by atoms with Crippen LogP contribution < -0.4 is 5.32 Å². The topological polar surface area (TPSA) is 110 Å². The van der Waals surface area contributed by atoms with Crippen LogP contribution in [-0.4, -0.2) is 21.9 Å². The number of nitrogens with one attached hydrogen (secondary N) is 1. The third-order valence-electron chi connectivity index (χ3n) is 2.02. The zero-order valence-corrected chi connectivity index (χ0v) is 10.5. The first-order valence-corrected chi connectivity index (χ1v) is 5.35. The Hall–Kier alpha value is -2.41. The number of nitro groups is 1. The van der Waals surface area contributed by atoms with Gasteiger partial charge in [-0.1, -0.05) is 17.7 Å². The number of hydrogen-bond donors (Lipinski definition) is 2. The summed E-state index contributed by atoms with van der Waals surface area (Å²) in [5.41, 5.74) is -0.491. The number of carbonyl (C=O) groups is 2. The standard InChI is InChI=1S/C11H9ClN2O5/c1-6(15)13-9(11(16)17)4-7-2-3-8(12)10(5-7)14(18)19/h2-5H,1H3,(H,13,15)(H,16,17)/b9-4-. The molecule has 0 saturated carbocycles. The summed E-state index contributed by atoms with van der Waals surface area (Å²) in [7, 11) is 0. The maximum absolute atomic E-state index is 10.9. The quantitative estimate of drug-likeness (QED) is 0.498. The van der Waals surface area contributed by atoms with Crippen molar-refractivity contribution in [1.29, 1.82) is 0 Å². The molecule has 8 heteroatoms. The molecule has 19 heavy (non-hydrogen) atoms. The van der Waals surface area contributed by atoms with E-state index in [4.69, 9.17) is 16.7 Å². The van der Waals surface area contributed by atoms with Gasteiger partial charge in [0, 0.05) is 13.0 Å². The fourth-order valence-electron chi connectivity index (χ4n) is 1.27.